The first kappa shape index (κ1) is 13.5. The van der Waals surface area contributed by atoms with Crippen molar-refractivity contribution < 1.29 is 12.8 Å². The zero-order valence-corrected chi connectivity index (χ0v) is 11.0. The summed E-state index contributed by atoms with van der Waals surface area (Å²) in [6, 6.07) is 5.11. The van der Waals surface area contributed by atoms with Gasteiger partial charge in [-0.05, 0) is 31.0 Å². The maximum absolute atomic E-state index is 13.0. The summed E-state index contributed by atoms with van der Waals surface area (Å²) in [5, 5.41) is 0. The fourth-order valence-electron chi connectivity index (χ4n) is 2.32. The molecule has 0 radical (unpaired) electrons. The van der Waals surface area contributed by atoms with E-state index in [4.69, 9.17) is 0 Å². The van der Waals surface area contributed by atoms with Gasteiger partial charge in [-0.1, -0.05) is 31.7 Å². The molecule has 1 aliphatic carbocycles. The summed E-state index contributed by atoms with van der Waals surface area (Å²) in [4.78, 5) is 0.00625. The number of benzene rings is 1. The Kier molecular flexibility index (Phi) is 4.35. The molecule has 0 atom stereocenters. The van der Waals surface area contributed by atoms with Crippen molar-refractivity contribution >= 4 is 10.0 Å². The molecule has 0 aliphatic heterocycles. The van der Waals surface area contributed by atoms with Crippen LogP contribution in [0.4, 0.5) is 4.39 Å². The lowest BCUT2D eigenvalue weighted by Gasteiger charge is -2.16. The second-order valence-corrected chi connectivity index (χ2v) is 6.48. The van der Waals surface area contributed by atoms with E-state index in [0.29, 0.717) is 0 Å². The summed E-state index contributed by atoms with van der Waals surface area (Å²) in [5.41, 5.74) is 0. The van der Waals surface area contributed by atoms with Gasteiger partial charge < -0.3 is 0 Å². The van der Waals surface area contributed by atoms with Gasteiger partial charge in [0, 0.05) is 6.04 Å². The van der Waals surface area contributed by atoms with Crippen LogP contribution in [0.3, 0.4) is 0 Å². The third-order valence-corrected chi connectivity index (χ3v) is 4.80. The Hall–Kier alpha value is -0.940. The first-order valence-corrected chi connectivity index (χ1v) is 7.84. The minimum Gasteiger partial charge on any atom is -0.208 e. The molecular formula is C13H18FNO2S. The van der Waals surface area contributed by atoms with Gasteiger partial charge in [0.05, 0.1) is 4.90 Å². The summed E-state index contributed by atoms with van der Waals surface area (Å²) >= 11 is 0. The molecule has 1 saturated carbocycles. The molecule has 1 aromatic carbocycles. The number of sulfonamides is 1. The normalized spacial score (nSPS) is 18.5. The molecule has 0 aromatic heterocycles. The molecule has 5 heteroatoms. The highest BCUT2D eigenvalue weighted by Crippen LogP contribution is 2.19. The third-order valence-electron chi connectivity index (χ3n) is 3.28. The topological polar surface area (TPSA) is 46.2 Å². The van der Waals surface area contributed by atoms with E-state index in [1.54, 1.807) is 0 Å². The van der Waals surface area contributed by atoms with Gasteiger partial charge in [0.25, 0.3) is 0 Å². The lowest BCUT2D eigenvalue weighted by molar-refractivity contribution is 0.509. The van der Waals surface area contributed by atoms with Crippen molar-refractivity contribution in [1.82, 2.24) is 4.72 Å². The van der Waals surface area contributed by atoms with Gasteiger partial charge in [0.15, 0.2) is 0 Å². The molecule has 0 heterocycles. The summed E-state index contributed by atoms with van der Waals surface area (Å²) in [6.07, 6.45) is 6.17. The van der Waals surface area contributed by atoms with Crippen LogP contribution >= 0.6 is 0 Å². The van der Waals surface area contributed by atoms with E-state index in [9.17, 15) is 12.8 Å². The summed E-state index contributed by atoms with van der Waals surface area (Å²) in [7, 11) is -3.59. The Morgan fingerprint density at radius 3 is 2.39 bits per heavy atom. The predicted molar refractivity (Wildman–Crippen MR) is 68.2 cm³/mol. The Morgan fingerprint density at radius 1 is 1.11 bits per heavy atom. The minimum absolute atomic E-state index is 0.00625. The standard InChI is InChI=1S/C13H18FNO2S/c14-11-6-5-9-13(10-11)18(16,17)15-12-7-3-1-2-4-8-12/h5-6,9-10,12,15H,1-4,7-8H2. The van der Waals surface area contributed by atoms with Crippen LogP contribution in [0.5, 0.6) is 0 Å². The van der Waals surface area contributed by atoms with E-state index in [1.165, 1.54) is 18.2 Å². The van der Waals surface area contributed by atoms with Crippen molar-refractivity contribution in [3.8, 4) is 0 Å². The van der Waals surface area contributed by atoms with Crippen molar-refractivity contribution in [2.24, 2.45) is 0 Å². The number of halogens is 1. The molecular weight excluding hydrogens is 253 g/mol. The van der Waals surface area contributed by atoms with Crippen LogP contribution < -0.4 is 4.72 Å². The van der Waals surface area contributed by atoms with Crippen LogP contribution in [0.2, 0.25) is 0 Å². The zero-order valence-electron chi connectivity index (χ0n) is 10.2. The average Bonchev–Trinajstić information content (AvgIpc) is 2.57. The van der Waals surface area contributed by atoms with Crippen LogP contribution in [0.1, 0.15) is 38.5 Å². The average molecular weight is 271 g/mol. The van der Waals surface area contributed by atoms with Crippen LogP contribution in [0.15, 0.2) is 29.2 Å². The van der Waals surface area contributed by atoms with E-state index < -0.39 is 15.8 Å². The molecule has 0 saturated heterocycles. The highest BCUT2D eigenvalue weighted by atomic mass is 32.2. The summed E-state index contributed by atoms with van der Waals surface area (Å²) in [5.74, 6) is -0.529. The fourth-order valence-corrected chi connectivity index (χ4v) is 3.65. The van der Waals surface area contributed by atoms with Gasteiger partial charge in [0.1, 0.15) is 5.82 Å². The molecule has 18 heavy (non-hydrogen) atoms. The van der Waals surface area contributed by atoms with Gasteiger partial charge in [0.2, 0.25) is 10.0 Å². The molecule has 2 rings (SSSR count). The van der Waals surface area contributed by atoms with Crippen LogP contribution in [0.25, 0.3) is 0 Å². The Labute approximate surface area is 107 Å². The molecule has 100 valence electrons. The first-order chi connectivity index (χ1) is 8.58. The highest BCUT2D eigenvalue weighted by Gasteiger charge is 2.21. The van der Waals surface area contributed by atoms with Gasteiger partial charge in [-0.2, -0.15) is 0 Å². The van der Waals surface area contributed by atoms with Crippen molar-refractivity contribution in [2.45, 2.75) is 49.5 Å². The van der Waals surface area contributed by atoms with Crippen molar-refractivity contribution in [2.75, 3.05) is 0 Å². The van der Waals surface area contributed by atoms with E-state index in [0.717, 1.165) is 44.6 Å². The van der Waals surface area contributed by atoms with E-state index >= 15 is 0 Å². The van der Waals surface area contributed by atoms with Crippen molar-refractivity contribution in [1.29, 1.82) is 0 Å². The number of hydrogen-bond acceptors (Lipinski definition) is 2. The third kappa shape index (κ3) is 3.53. The van der Waals surface area contributed by atoms with E-state index in [2.05, 4.69) is 4.72 Å². The quantitative estimate of drug-likeness (QED) is 0.859. The van der Waals surface area contributed by atoms with Crippen LogP contribution in [-0.4, -0.2) is 14.5 Å². The number of nitrogens with one attached hydrogen (secondary N) is 1. The molecule has 0 amide bonds. The lowest BCUT2D eigenvalue weighted by atomic mass is 10.1. The van der Waals surface area contributed by atoms with Gasteiger partial charge in [-0.25, -0.2) is 17.5 Å². The van der Waals surface area contributed by atoms with Gasteiger partial charge in [-0.15, -0.1) is 0 Å². The summed E-state index contributed by atoms with van der Waals surface area (Å²) in [6.45, 7) is 0. The lowest BCUT2D eigenvalue weighted by Crippen LogP contribution is -2.34. The van der Waals surface area contributed by atoms with Gasteiger partial charge in [-0.3, -0.25) is 0 Å². The summed E-state index contributed by atoms with van der Waals surface area (Å²) < 4.78 is 39.9. The molecule has 0 spiro atoms. The minimum atomic E-state index is -3.59. The SMILES string of the molecule is O=S(=O)(NC1CCCCCC1)c1cccc(F)c1. The molecule has 1 fully saturated rings. The largest absolute Gasteiger partial charge is 0.240 e. The van der Waals surface area contributed by atoms with Crippen LogP contribution in [0, 0.1) is 5.82 Å². The Balaban J connectivity index is 2.11. The smallest absolute Gasteiger partial charge is 0.208 e. The van der Waals surface area contributed by atoms with Crippen molar-refractivity contribution in [3.63, 3.8) is 0 Å². The Morgan fingerprint density at radius 2 is 1.78 bits per heavy atom. The van der Waals surface area contributed by atoms with Crippen LogP contribution in [-0.2, 0) is 10.0 Å². The van der Waals surface area contributed by atoms with Gasteiger partial charge >= 0.3 is 0 Å². The molecule has 1 aromatic rings. The number of hydrogen-bond donors (Lipinski definition) is 1. The Bertz CT molecular complexity index is 493. The zero-order chi connectivity index (χ0) is 13.0. The van der Waals surface area contributed by atoms with Crippen molar-refractivity contribution in [3.05, 3.63) is 30.1 Å². The monoisotopic (exact) mass is 271 g/mol. The molecule has 3 nitrogen and oxygen atoms in total. The number of rotatable bonds is 3. The molecule has 0 unspecified atom stereocenters. The van der Waals surface area contributed by atoms with E-state index in [-0.39, 0.29) is 10.9 Å². The fraction of sp³-hybridized carbons (Fsp3) is 0.538. The molecule has 1 aliphatic rings. The first-order valence-electron chi connectivity index (χ1n) is 6.36. The molecule has 0 bridgehead atoms. The second kappa shape index (κ2) is 5.80. The van der Waals surface area contributed by atoms with E-state index in [1.807, 2.05) is 0 Å². The predicted octanol–water partition coefficient (Wildman–Crippen LogP) is 2.83. The second-order valence-electron chi connectivity index (χ2n) is 4.77. The molecule has 1 N–H and O–H groups in total. The maximum Gasteiger partial charge on any atom is 0.240 e. The maximum atomic E-state index is 13.0. The highest BCUT2D eigenvalue weighted by molar-refractivity contribution is 7.89.